The van der Waals surface area contributed by atoms with Crippen LogP contribution in [0.25, 0.3) is 0 Å². The number of nitrogen functional groups attached to an aromatic ring is 2. The minimum atomic E-state index is -0.317. The maximum absolute atomic E-state index is 12.1. The molecular weight excluding hydrogens is 368 g/mol. The van der Waals surface area contributed by atoms with E-state index in [1.165, 1.54) is 6.33 Å². The molecule has 0 aliphatic carbocycles. The molecule has 2 amide bonds. The molecule has 146 valence electrons. The Morgan fingerprint density at radius 3 is 2.55 bits per heavy atom. The van der Waals surface area contributed by atoms with E-state index in [0.717, 1.165) is 5.82 Å². The zero-order chi connectivity index (χ0) is 20.5. The van der Waals surface area contributed by atoms with Crippen LogP contribution in [0.3, 0.4) is 0 Å². The fraction of sp³-hybridized carbons (Fsp3) is 0.100. The van der Waals surface area contributed by atoms with Crippen LogP contribution in [-0.2, 0) is 0 Å². The van der Waals surface area contributed by atoms with Crippen molar-refractivity contribution in [3.8, 4) is 11.8 Å². The topological polar surface area (TPSA) is 144 Å². The molecule has 0 aliphatic heterocycles. The van der Waals surface area contributed by atoms with E-state index in [1.54, 1.807) is 24.4 Å². The number of nitrogens with two attached hydrogens (primary N) is 2. The summed E-state index contributed by atoms with van der Waals surface area (Å²) in [6.45, 7) is 0.992. The van der Waals surface area contributed by atoms with Crippen LogP contribution in [0.15, 0.2) is 55.0 Å². The Labute approximate surface area is 168 Å². The third-order valence-corrected chi connectivity index (χ3v) is 3.74. The molecule has 3 aromatic rings. The molecule has 0 fully saturated rings. The molecule has 0 spiro atoms. The summed E-state index contributed by atoms with van der Waals surface area (Å²) >= 11 is 0. The molecule has 0 atom stereocenters. The predicted octanol–water partition coefficient (Wildman–Crippen LogP) is 1.67. The molecule has 2 aromatic heterocycles. The lowest BCUT2D eigenvalue weighted by Crippen LogP contribution is -2.32. The Hall–Kier alpha value is -4.32. The second-order valence-electron chi connectivity index (χ2n) is 5.87. The maximum Gasteiger partial charge on any atom is 0.319 e. The largest absolute Gasteiger partial charge is 0.382 e. The normalized spacial score (nSPS) is 9.79. The monoisotopic (exact) mass is 388 g/mol. The molecule has 0 bridgehead atoms. The Morgan fingerprint density at radius 2 is 1.79 bits per heavy atom. The molecule has 2 heterocycles. The van der Waals surface area contributed by atoms with Gasteiger partial charge < -0.3 is 27.4 Å². The first-order chi connectivity index (χ1) is 14.1. The molecule has 1 aromatic carbocycles. The lowest BCUT2D eigenvalue weighted by molar-refractivity contribution is 0.252. The number of nitrogens with one attached hydrogen (secondary N) is 3. The molecule has 0 saturated carbocycles. The van der Waals surface area contributed by atoms with Crippen LogP contribution in [0.2, 0.25) is 0 Å². The highest BCUT2D eigenvalue weighted by molar-refractivity contribution is 5.89. The minimum absolute atomic E-state index is 0.220. The van der Waals surface area contributed by atoms with Crippen LogP contribution in [-0.4, -0.2) is 34.1 Å². The van der Waals surface area contributed by atoms with Gasteiger partial charge in [0, 0.05) is 30.5 Å². The highest BCUT2D eigenvalue weighted by Crippen LogP contribution is 2.13. The van der Waals surface area contributed by atoms with Gasteiger partial charge in [0.2, 0.25) is 0 Å². The summed E-state index contributed by atoms with van der Waals surface area (Å²) in [4.78, 5) is 23.9. The van der Waals surface area contributed by atoms with E-state index >= 15 is 0 Å². The highest BCUT2D eigenvalue weighted by atomic mass is 16.2. The molecule has 7 N–H and O–H groups in total. The molecule has 0 radical (unpaired) electrons. The number of hydrogen-bond donors (Lipinski definition) is 5. The number of hydrogen-bond acceptors (Lipinski definition) is 7. The zero-order valence-electron chi connectivity index (χ0n) is 15.5. The number of aromatic nitrogens is 3. The lowest BCUT2D eigenvalue weighted by Gasteiger charge is -2.09. The number of rotatable bonds is 5. The number of urea groups is 1. The van der Waals surface area contributed by atoms with Gasteiger partial charge in [-0.3, -0.25) is 0 Å². The fourth-order valence-electron chi connectivity index (χ4n) is 2.36. The summed E-state index contributed by atoms with van der Waals surface area (Å²) in [6, 6.07) is 12.4. The SMILES string of the molecule is Nc1ncnc(N)c1C#Cc1cccc(NC(=O)NCCNc2ccccn2)c1. The van der Waals surface area contributed by atoms with Crippen LogP contribution in [0.5, 0.6) is 0 Å². The van der Waals surface area contributed by atoms with Gasteiger partial charge >= 0.3 is 6.03 Å². The summed E-state index contributed by atoms with van der Waals surface area (Å²) in [5.41, 5.74) is 13.2. The van der Waals surface area contributed by atoms with Crippen LogP contribution in [0, 0.1) is 11.8 Å². The first-order valence-corrected chi connectivity index (χ1v) is 8.79. The smallest absolute Gasteiger partial charge is 0.319 e. The number of nitrogens with zero attached hydrogens (tertiary/aromatic N) is 3. The molecule has 29 heavy (non-hydrogen) atoms. The Bertz CT molecular complexity index is 1020. The average molecular weight is 388 g/mol. The quantitative estimate of drug-likeness (QED) is 0.330. The number of amides is 2. The summed E-state index contributed by atoms with van der Waals surface area (Å²) in [5, 5.41) is 8.65. The standard InChI is InChI=1S/C20H20N8O/c21-18-16(19(22)27-13-26-18)8-7-14-4-3-5-15(12-14)28-20(29)25-11-10-24-17-6-1-2-9-23-17/h1-6,9,12-13H,10-11H2,(H,23,24)(H2,25,28,29)(H4,21,22,26,27). The van der Waals surface area contributed by atoms with E-state index in [-0.39, 0.29) is 17.7 Å². The van der Waals surface area contributed by atoms with Gasteiger partial charge in [-0.2, -0.15) is 0 Å². The number of pyridine rings is 1. The third kappa shape index (κ3) is 5.83. The van der Waals surface area contributed by atoms with Crippen molar-refractivity contribution < 1.29 is 4.79 Å². The Balaban J connectivity index is 1.53. The summed E-state index contributed by atoms with van der Waals surface area (Å²) in [7, 11) is 0. The van der Waals surface area contributed by atoms with E-state index in [4.69, 9.17) is 11.5 Å². The van der Waals surface area contributed by atoms with Gasteiger partial charge in [-0.15, -0.1) is 0 Å². The van der Waals surface area contributed by atoms with Crippen LogP contribution >= 0.6 is 0 Å². The summed E-state index contributed by atoms with van der Waals surface area (Å²) in [6.07, 6.45) is 2.98. The predicted molar refractivity (Wildman–Crippen MR) is 113 cm³/mol. The molecule has 0 aliphatic rings. The van der Waals surface area contributed by atoms with Crippen molar-refractivity contribution in [1.29, 1.82) is 0 Å². The molecule has 0 saturated heterocycles. The van der Waals surface area contributed by atoms with E-state index in [1.807, 2.05) is 24.3 Å². The zero-order valence-corrected chi connectivity index (χ0v) is 15.5. The van der Waals surface area contributed by atoms with Crippen molar-refractivity contribution in [3.63, 3.8) is 0 Å². The van der Waals surface area contributed by atoms with Gasteiger partial charge in [0.05, 0.1) is 0 Å². The van der Waals surface area contributed by atoms with Crippen LogP contribution in [0.1, 0.15) is 11.1 Å². The van der Waals surface area contributed by atoms with E-state index in [0.29, 0.717) is 29.9 Å². The lowest BCUT2D eigenvalue weighted by atomic mass is 10.2. The van der Waals surface area contributed by atoms with Gasteiger partial charge in [-0.1, -0.05) is 24.0 Å². The second-order valence-corrected chi connectivity index (χ2v) is 5.87. The van der Waals surface area contributed by atoms with E-state index in [2.05, 4.69) is 42.7 Å². The molecular formula is C20H20N8O. The highest BCUT2D eigenvalue weighted by Gasteiger charge is 2.03. The molecule has 0 unspecified atom stereocenters. The van der Waals surface area contributed by atoms with Crippen LogP contribution < -0.4 is 27.4 Å². The summed E-state index contributed by atoms with van der Waals surface area (Å²) in [5.74, 6) is 7.01. The van der Waals surface area contributed by atoms with Gasteiger partial charge in [0.15, 0.2) is 0 Å². The first-order valence-electron chi connectivity index (χ1n) is 8.79. The summed E-state index contributed by atoms with van der Waals surface area (Å²) < 4.78 is 0. The van der Waals surface area contributed by atoms with E-state index in [9.17, 15) is 4.79 Å². The van der Waals surface area contributed by atoms with Gasteiger partial charge in [0.25, 0.3) is 0 Å². The Kier molecular flexibility index (Phi) is 6.41. The van der Waals surface area contributed by atoms with Gasteiger partial charge in [0.1, 0.15) is 29.3 Å². The van der Waals surface area contributed by atoms with Crippen molar-refractivity contribution in [2.24, 2.45) is 0 Å². The van der Waals surface area contributed by atoms with Crippen LogP contribution in [0.4, 0.5) is 27.9 Å². The first kappa shape index (κ1) is 19.4. The number of carbonyl (C=O) groups excluding carboxylic acids is 1. The molecule has 3 rings (SSSR count). The van der Waals surface area contributed by atoms with Gasteiger partial charge in [-0.25, -0.2) is 19.7 Å². The Morgan fingerprint density at radius 1 is 0.966 bits per heavy atom. The van der Waals surface area contributed by atoms with Gasteiger partial charge in [-0.05, 0) is 30.3 Å². The maximum atomic E-state index is 12.1. The van der Waals surface area contributed by atoms with Crippen molar-refractivity contribution in [2.45, 2.75) is 0 Å². The average Bonchev–Trinajstić information content (AvgIpc) is 2.72. The molecule has 9 nitrogen and oxygen atoms in total. The van der Waals surface area contributed by atoms with Crippen molar-refractivity contribution in [1.82, 2.24) is 20.3 Å². The fourth-order valence-corrected chi connectivity index (χ4v) is 2.36. The third-order valence-electron chi connectivity index (χ3n) is 3.74. The second kappa shape index (κ2) is 9.57. The minimum Gasteiger partial charge on any atom is -0.382 e. The van der Waals surface area contributed by atoms with E-state index < -0.39 is 0 Å². The van der Waals surface area contributed by atoms with Crippen molar-refractivity contribution >= 4 is 29.2 Å². The molecule has 9 heteroatoms. The number of benzene rings is 1. The van der Waals surface area contributed by atoms with Crippen molar-refractivity contribution in [3.05, 3.63) is 66.1 Å². The number of anilines is 4. The van der Waals surface area contributed by atoms with Crippen molar-refractivity contribution in [2.75, 3.05) is 35.2 Å². The number of carbonyl (C=O) groups is 1.